The Hall–Kier alpha value is -2.71. The van der Waals surface area contributed by atoms with Crippen LogP contribution in [0.3, 0.4) is 0 Å². The van der Waals surface area contributed by atoms with Crippen LogP contribution in [0, 0.1) is 0 Å². The number of rotatable bonds is 3. The van der Waals surface area contributed by atoms with Crippen molar-refractivity contribution in [2.24, 2.45) is 0 Å². The highest BCUT2D eigenvalue weighted by Gasteiger charge is 2.31. The van der Waals surface area contributed by atoms with Crippen molar-refractivity contribution in [3.63, 3.8) is 0 Å². The van der Waals surface area contributed by atoms with Crippen molar-refractivity contribution in [3.05, 3.63) is 40.9 Å². The van der Waals surface area contributed by atoms with E-state index in [9.17, 15) is 18.0 Å². The van der Waals surface area contributed by atoms with E-state index in [1.807, 2.05) is 0 Å². The van der Waals surface area contributed by atoms with Gasteiger partial charge in [0, 0.05) is 6.07 Å². The van der Waals surface area contributed by atoms with E-state index in [0.717, 1.165) is 18.5 Å². The van der Waals surface area contributed by atoms with Gasteiger partial charge >= 0.3 is 6.36 Å². The number of aromatic nitrogens is 2. The summed E-state index contributed by atoms with van der Waals surface area (Å²) in [7, 11) is 0. The van der Waals surface area contributed by atoms with Crippen molar-refractivity contribution in [2.75, 3.05) is 5.73 Å². The number of hydrogen-bond acceptors (Lipinski definition) is 5. The van der Waals surface area contributed by atoms with Crippen molar-refractivity contribution < 1.29 is 22.6 Å². The summed E-state index contributed by atoms with van der Waals surface area (Å²) in [5.74, 6) is -0.673. The second kappa shape index (κ2) is 5.11. The normalized spacial score (nSPS) is 11.2. The maximum atomic E-state index is 12.1. The minimum Gasteiger partial charge on any atom is -0.437 e. The Morgan fingerprint density at radius 2 is 1.95 bits per heavy atom. The average molecular weight is 287 g/mol. The van der Waals surface area contributed by atoms with Gasteiger partial charge in [-0.15, -0.1) is 13.2 Å². The number of hydrogen-bond donors (Lipinski definition) is 2. The van der Waals surface area contributed by atoms with Crippen LogP contribution in [0.2, 0.25) is 0 Å². The number of aromatic amines is 1. The fraction of sp³-hybridized carbons (Fsp3) is 0.0909. The van der Waals surface area contributed by atoms with Gasteiger partial charge in [-0.1, -0.05) is 6.07 Å². The molecule has 20 heavy (non-hydrogen) atoms. The lowest BCUT2D eigenvalue weighted by Gasteiger charge is -2.10. The topological polar surface area (TPSA) is 90.2 Å². The van der Waals surface area contributed by atoms with Gasteiger partial charge in [0.05, 0.1) is 6.33 Å². The fourth-order valence-corrected chi connectivity index (χ4v) is 1.32. The molecule has 0 bridgehead atoms. The van der Waals surface area contributed by atoms with Crippen LogP contribution in [0.4, 0.5) is 18.9 Å². The zero-order valence-corrected chi connectivity index (χ0v) is 9.77. The van der Waals surface area contributed by atoms with E-state index < -0.39 is 17.7 Å². The van der Waals surface area contributed by atoms with Gasteiger partial charge in [-0.2, -0.15) is 0 Å². The third-order valence-electron chi connectivity index (χ3n) is 2.11. The number of ether oxygens (including phenoxy) is 2. The summed E-state index contributed by atoms with van der Waals surface area (Å²) >= 11 is 0. The smallest absolute Gasteiger partial charge is 0.437 e. The largest absolute Gasteiger partial charge is 0.573 e. The maximum absolute atomic E-state index is 12.1. The van der Waals surface area contributed by atoms with Crippen LogP contribution < -0.4 is 20.8 Å². The van der Waals surface area contributed by atoms with Gasteiger partial charge in [-0.25, -0.2) is 4.98 Å². The molecule has 0 aliphatic heterocycles. The number of anilines is 1. The minimum absolute atomic E-state index is 0.00319. The molecule has 1 heterocycles. The summed E-state index contributed by atoms with van der Waals surface area (Å²) in [4.78, 5) is 17.1. The number of nitrogens with two attached hydrogens (primary N) is 1. The van der Waals surface area contributed by atoms with Crippen LogP contribution in [-0.4, -0.2) is 16.3 Å². The quantitative estimate of drug-likeness (QED) is 0.901. The number of H-pyrrole nitrogens is 1. The molecule has 2 aromatic rings. The molecule has 0 aliphatic carbocycles. The SMILES string of the molecule is Nc1c(Oc2cccc(OC(F)(F)F)c2)nc[nH]c1=O. The van der Waals surface area contributed by atoms with Gasteiger partial charge < -0.3 is 20.2 Å². The molecular formula is C11H8F3N3O3. The van der Waals surface area contributed by atoms with E-state index >= 15 is 0 Å². The van der Waals surface area contributed by atoms with Gasteiger partial charge in [0.15, 0.2) is 5.69 Å². The summed E-state index contributed by atoms with van der Waals surface area (Å²) in [5.41, 5.74) is 4.53. The molecule has 0 fully saturated rings. The number of benzene rings is 1. The maximum Gasteiger partial charge on any atom is 0.573 e. The van der Waals surface area contributed by atoms with Crippen molar-refractivity contribution in [2.45, 2.75) is 6.36 Å². The molecule has 0 radical (unpaired) electrons. The van der Waals surface area contributed by atoms with Crippen LogP contribution in [0.15, 0.2) is 35.4 Å². The molecule has 1 aromatic carbocycles. The summed E-state index contributed by atoms with van der Waals surface area (Å²) < 4.78 is 45.1. The number of nitrogen functional groups attached to an aromatic ring is 1. The van der Waals surface area contributed by atoms with Crippen LogP contribution in [0.1, 0.15) is 0 Å². The Kier molecular flexibility index (Phi) is 3.51. The lowest BCUT2D eigenvalue weighted by molar-refractivity contribution is -0.274. The van der Waals surface area contributed by atoms with Gasteiger partial charge in [0.2, 0.25) is 5.88 Å². The standard InChI is InChI=1S/C11H8F3N3O3/c12-11(13,14)20-7-3-1-2-6(4-7)19-10-8(15)9(18)16-5-17-10/h1-5H,15H2,(H,16,17,18). The van der Waals surface area contributed by atoms with E-state index in [0.29, 0.717) is 0 Å². The van der Waals surface area contributed by atoms with E-state index in [4.69, 9.17) is 10.5 Å². The van der Waals surface area contributed by atoms with Crippen molar-refractivity contribution >= 4 is 5.69 Å². The number of nitrogens with zero attached hydrogens (tertiary/aromatic N) is 1. The number of alkyl halides is 3. The van der Waals surface area contributed by atoms with Crippen molar-refractivity contribution in [1.82, 2.24) is 9.97 Å². The second-order valence-corrected chi connectivity index (χ2v) is 3.58. The van der Waals surface area contributed by atoms with Gasteiger partial charge in [0.1, 0.15) is 11.5 Å². The first-order valence-corrected chi connectivity index (χ1v) is 5.22. The van der Waals surface area contributed by atoms with E-state index in [1.165, 1.54) is 12.1 Å². The summed E-state index contributed by atoms with van der Waals surface area (Å²) in [6.45, 7) is 0. The first kappa shape index (κ1) is 13.7. The Morgan fingerprint density at radius 1 is 1.25 bits per heavy atom. The number of nitrogens with one attached hydrogen (secondary N) is 1. The molecule has 3 N–H and O–H groups in total. The van der Waals surface area contributed by atoms with Crippen molar-refractivity contribution in [3.8, 4) is 17.4 Å². The molecule has 0 unspecified atom stereocenters. The third-order valence-corrected chi connectivity index (χ3v) is 2.11. The van der Waals surface area contributed by atoms with Crippen LogP contribution in [0.5, 0.6) is 17.4 Å². The summed E-state index contributed by atoms with van der Waals surface area (Å²) in [5, 5.41) is 0. The second-order valence-electron chi connectivity index (χ2n) is 3.58. The van der Waals surface area contributed by atoms with Crippen LogP contribution in [0.25, 0.3) is 0 Å². The van der Waals surface area contributed by atoms with E-state index in [1.54, 1.807) is 0 Å². The third kappa shape index (κ3) is 3.40. The zero-order chi connectivity index (χ0) is 14.8. The van der Waals surface area contributed by atoms with Crippen LogP contribution in [-0.2, 0) is 0 Å². The first-order chi connectivity index (χ1) is 9.35. The van der Waals surface area contributed by atoms with Gasteiger partial charge in [0.25, 0.3) is 5.56 Å². The van der Waals surface area contributed by atoms with E-state index in [2.05, 4.69) is 14.7 Å². The molecule has 0 saturated heterocycles. The molecule has 6 nitrogen and oxygen atoms in total. The summed E-state index contributed by atoms with van der Waals surface area (Å²) in [6.07, 6.45) is -3.75. The average Bonchev–Trinajstić information content (AvgIpc) is 2.33. The predicted molar refractivity (Wildman–Crippen MR) is 62.5 cm³/mol. The highest BCUT2D eigenvalue weighted by atomic mass is 19.4. The molecule has 106 valence electrons. The molecule has 0 atom stereocenters. The van der Waals surface area contributed by atoms with E-state index in [-0.39, 0.29) is 17.3 Å². The number of halogens is 3. The molecule has 0 spiro atoms. The van der Waals surface area contributed by atoms with Gasteiger partial charge in [-0.3, -0.25) is 4.79 Å². The summed E-state index contributed by atoms with van der Waals surface area (Å²) in [6, 6.07) is 4.76. The Labute approximate surface area is 110 Å². The lowest BCUT2D eigenvalue weighted by Crippen LogP contribution is -2.17. The molecule has 2 rings (SSSR count). The highest BCUT2D eigenvalue weighted by molar-refractivity contribution is 5.47. The fourth-order valence-electron chi connectivity index (χ4n) is 1.32. The molecule has 0 amide bonds. The molecule has 0 aliphatic rings. The predicted octanol–water partition coefficient (Wildman–Crippen LogP) is 2.04. The van der Waals surface area contributed by atoms with Crippen LogP contribution >= 0.6 is 0 Å². The Bertz CT molecular complexity index is 670. The van der Waals surface area contributed by atoms with Gasteiger partial charge in [-0.05, 0) is 12.1 Å². The Morgan fingerprint density at radius 3 is 2.65 bits per heavy atom. The molecule has 1 aromatic heterocycles. The molecule has 9 heteroatoms. The zero-order valence-electron chi connectivity index (χ0n) is 9.77. The molecular weight excluding hydrogens is 279 g/mol. The lowest BCUT2D eigenvalue weighted by atomic mass is 10.3. The Balaban J connectivity index is 2.24. The highest BCUT2D eigenvalue weighted by Crippen LogP contribution is 2.28. The monoisotopic (exact) mass is 287 g/mol. The minimum atomic E-state index is -4.81. The first-order valence-electron chi connectivity index (χ1n) is 5.22. The van der Waals surface area contributed by atoms with Crippen molar-refractivity contribution in [1.29, 1.82) is 0 Å². The molecule has 0 saturated carbocycles.